The number of anilines is 2. The highest BCUT2D eigenvalue weighted by Gasteiger charge is 2.28. The summed E-state index contributed by atoms with van der Waals surface area (Å²) < 4.78 is 29.8. The summed E-state index contributed by atoms with van der Waals surface area (Å²) in [5.41, 5.74) is -1.10. The molecule has 1 aromatic carbocycles. The van der Waals surface area contributed by atoms with Gasteiger partial charge in [-0.1, -0.05) is 0 Å². The summed E-state index contributed by atoms with van der Waals surface area (Å²) in [6.45, 7) is 1.12. The van der Waals surface area contributed by atoms with Crippen LogP contribution in [0.15, 0.2) is 18.2 Å². The second kappa shape index (κ2) is 6.03. The molecular formula is C14H11F2IN2O3. The molecule has 0 fully saturated rings. The van der Waals surface area contributed by atoms with Gasteiger partial charge < -0.3 is 15.0 Å². The van der Waals surface area contributed by atoms with E-state index >= 15 is 0 Å². The first kappa shape index (κ1) is 16.4. The first-order valence-corrected chi connectivity index (χ1v) is 7.16. The van der Waals surface area contributed by atoms with Crippen LogP contribution in [-0.4, -0.2) is 21.4 Å². The molecule has 0 aliphatic rings. The number of ketones is 1. The summed E-state index contributed by atoms with van der Waals surface area (Å²) in [4.78, 5) is 22.7. The van der Waals surface area contributed by atoms with Crippen molar-refractivity contribution < 1.29 is 23.5 Å². The summed E-state index contributed by atoms with van der Waals surface area (Å²) >= 11 is 1.92. The lowest BCUT2D eigenvalue weighted by molar-refractivity contribution is 0.0693. The van der Waals surface area contributed by atoms with Gasteiger partial charge in [0.15, 0.2) is 11.6 Å². The van der Waals surface area contributed by atoms with Gasteiger partial charge in [0, 0.05) is 17.5 Å². The molecule has 22 heavy (non-hydrogen) atoms. The van der Waals surface area contributed by atoms with Crippen molar-refractivity contribution in [2.24, 2.45) is 7.05 Å². The van der Waals surface area contributed by atoms with Gasteiger partial charge in [-0.25, -0.2) is 13.6 Å². The Labute approximate surface area is 138 Å². The third-order valence-corrected chi connectivity index (χ3v) is 3.74. The van der Waals surface area contributed by atoms with Crippen LogP contribution >= 0.6 is 22.6 Å². The highest BCUT2D eigenvalue weighted by molar-refractivity contribution is 14.1. The third-order valence-electron chi connectivity index (χ3n) is 3.07. The molecule has 0 saturated carbocycles. The minimum atomic E-state index is -1.55. The quantitative estimate of drug-likeness (QED) is 0.587. The second-order valence-corrected chi connectivity index (χ2v) is 5.80. The standard InChI is InChI=1S/C14H11F2IN2O3/c1-6(20)12-11(16)10(14(21)22)13(19(12)2)18-9-4-3-7(17)5-8(9)15/h3-5,18H,1-2H3,(H,21,22). The Kier molecular flexibility index (Phi) is 4.50. The van der Waals surface area contributed by atoms with Gasteiger partial charge in [0.25, 0.3) is 0 Å². The van der Waals surface area contributed by atoms with Gasteiger partial charge in [-0.15, -0.1) is 0 Å². The van der Waals surface area contributed by atoms with Crippen LogP contribution < -0.4 is 5.32 Å². The number of nitrogens with zero attached hydrogens (tertiary/aromatic N) is 1. The lowest BCUT2D eigenvalue weighted by atomic mass is 10.2. The molecule has 0 bridgehead atoms. The van der Waals surface area contributed by atoms with Crippen molar-refractivity contribution in [3.8, 4) is 0 Å². The summed E-state index contributed by atoms with van der Waals surface area (Å²) in [6.07, 6.45) is 0. The molecule has 0 saturated heterocycles. The molecule has 2 rings (SSSR count). The fraction of sp³-hybridized carbons (Fsp3) is 0.143. The molecule has 2 N–H and O–H groups in total. The highest BCUT2D eigenvalue weighted by Crippen LogP contribution is 2.30. The van der Waals surface area contributed by atoms with Gasteiger partial charge in [-0.05, 0) is 40.8 Å². The minimum Gasteiger partial charge on any atom is -0.477 e. The van der Waals surface area contributed by atoms with Gasteiger partial charge in [-0.3, -0.25) is 4.79 Å². The molecule has 8 heteroatoms. The molecule has 1 aromatic heterocycles. The zero-order valence-corrected chi connectivity index (χ0v) is 13.7. The number of aromatic nitrogens is 1. The Morgan fingerprint density at radius 3 is 2.45 bits per heavy atom. The molecule has 0 amide bonds. The second-order valence-electron chi connectivity index (χ2n) is 4.56. The van der Waals surface area contributed by atoms with E-state index in [1.807, 2.05) is 22.6 Å². The van der Waals surface area contributed by atoms with Crippen molar-refractivity contribution in [2.75, 3.05) is 5.32 Å². The number of hydrogen-bond acceptors (Lipinski definition) is 3. The van der Waals surface area contributed by atoms with Gasteiger partial charge in [0.1, 0.15) is 22.9 Å². The van der Waals surface area contributed by atoms with Crippen LogP contribution in [0.5, 0.6) is 0 Å². The molecule has 5 nitrogen and oxygen atoms in total. The predicted octanol–water partition coefficient (Wildman–Crippen LogP) is 3.55. The van der Waals surface area contributed by atoms with E-state index in [1.165, 1.54) is 19.2 Å². The largest absolute Gasteiger partial charge is 0.477 e. The number of carbonyl (C=O) groups is 2. The molecule has 0 unspecified atom stereocenters. The lowest BCUT2D eigenvalue weighted by Gasteiger charge is -2.11. The van der Waals surface area contributed by atoms with Gasteiger partial charge in [0.2, 0.25) is 0 Å². The topological polar surface area (TPSA) is 71.3 Å². The number of carboxylic acids is 1. The van der Waals surface area contributed by atoms with Crippen LogP contribution in [0.3, 0.4) is 0 Å². The maximum atomic E-state index is 14.2. The molecule has 0 aliphatic heterocycles. The number of aromatic carboxylic acids is 1. The van der Waals surface area contributed by atoms with Crippen LogP contribution in [0.25, 0.3) is 0 Å². The van der Waals surface area contributed by atoms with E-state index in [0.717, 1.165) is 11.5 Å². The van der Waals surface area contributed by atoms with Crippen molar-refractivity contribution in [3.05, 3.63) is 44.7 Å². The molecule has 2 aromatic rings. The number of nitrogens with one attached hydrogen (secondary N) is 1. The van der Waals surface area contributed by atoms with E-state index in [9.17, 15) is 18.4 Å². The number of rotatable bonds is 4. The first-order chi connectivity index (χ1) is 10.2. The van der Waals surface area contributed by atoms with E-state index in [-0.39, 0.29) is 17.2 Å². The average molecular weight is 420 g/mol. The number of halogens is 3. The third kappa shape index (κ3) is 2.82. The number of Topliss-reactive ketones (excluding diaryl/α,β-unsaturated/α-hetero) is 1. The first-order valence-electron chi connectivity index (χ1n) is 6.08. The Morgan fingerprint density at radius 2 is 1.95 bits per heavy atom. The zero-order valence-electron chi connectivity index (χ0n) is 11.6. The van der Waals surface area contributed by atoms with Gasteiger partial charge in [0.05, 0.1) is 5.69 Å². The Balaban J connectivity index is 2.62. The molecule has 0 aliphatic carbocycles. The van der Waals surface area contributed by atoms with Crippen molar-refractivity contribution in [2.45, 2.75) is 6.92 Å². The van der Waals surface area contributed by atoms with Gasteiger partial charge >= 0.3 is 5.97 Å². The van der Waals surface area contributed by atoms with Crippen molar-refractivity contribution in [1.82, 2.24) is 4.57 Å². The molecule has 0 radical (unpaired) electrons. The van der Waals surface area contributed by atoms with Crippen molar-refractivity contribution in [3.63, 3.8) is 0 Å². The SMILES string of the molecule is CC(=O)c1c(F)c(C(=O)O)c(Nc2ccc(I)cc2F)n1C. The normalized spacial score (nSPS) is 10.6. The van der Waals surface area contributed by atoms with E-state index in [4.69, 9.17) is 5.11 Å². The Morgan fingerprint density at radius 1 is 1.32 bits per heavy atom. The van der Waals surface area contributed by atoms with Crippen molar-refractivity contribution >= 4 is 45.8 Å². The van der Waals surface area contributed by atoms with E-state index in [1.54, 1.807) is 6.07 Å². The van der Waals surface area contributed by atoms with Crippen LogP contribution in [0.4, 0.5) is 20.3 Å². The van der Waals surface area contributed by atoms with Crippen LogP contribution in [0.1, 0.15) is 27.8 Å². The van der Waals surface area contributed by atoms with E-state index in [0.29, 0.717) is 3.57 Å². The Hall–Kier alpha value is -1.97. The average Bonchev–Trinajstić information content (AvgIpc) is 2.64. The molecule has 1 heterocycles. The van der Waals surface area contributed by atoms with Crippen LogP contribution in [0, 0.1) is 15.2 Å². The molecular weight excluding hydrogens is 409 g/mol. The summed E-state index contributed by atoms with van der Waals surface area (Å²) in [7, 11) is 1.33. The summed E-state index contributed by atoms with van der Waals surface area (Å²) in [5, 5.41) is 11.7. The molecule has 0 spiro atoms. The zero-order chi connectivity index (χ0) is 16.6. The summed E-state index contributed by atoms with van der Waals surface area (Å²) in [5.74, 6) is -4.13. The Bertz CT molecular complexity index is 787. The monoisotopic (exact) mass is 420 g/mol. The fourth-order valence-corrected chi connectivity index (χ4v) is 2.55. The minimum absolute atomic E-state index is 0.0152. The predicted molar refractivity (Wildman–Crippen MR) is 84.7 cm³/mol. The van der Waals surface area contributed by atoms with Crippen LogP contribution in [-0.2, 0) is 7.05 Å². The number of hydrogen-bond donors (Lipinski definition) is 2. The molecule has 0 atom stereocenters. The number of benzene rings is 1. The van der Waals surface area contributed by atoms with E-state index < -0.39 is 29.0 Å². The number of carbonyl (C=O) groups excluding carboxylic acids is 1. The lowest BCUT2D eigenvalue weighted by Crippen LogP contribution is -2.07. The maximum absolute atomic E-state index is 14.2. The highest BCUT2D eigenvalue weighted by atomic mass is 127. The maximum Gasteiger partial charge on any atom is 0.342 e. The summed E-state index contributed by atoms with van der Waals surface area (Å²) in [6, 6.07) is 4.26. The number of carboxylic acid groups (broad SMARTS) is 1. The van der Waals surface area contributed by atoms with Gasteiger partial charge in [-0.2, -0.15) is 0 Å². The smallest absolute Gasteiger partial charge is 0.342 e. The molecule has 116 valence electrons. The van der Waals surface area contributed by atoms with E-state index in [2.05, 4.69) is 5.32 Å². The van der Waals surface area contributed by atoms with Crippen molar-refractivity contribution in [1.29, 1.82) is 0 Å². The fourth-order valence-electron chi connectivity index (χ4n) is 2.10. The van der Waals surface area contributed by atoms with Crippen LogP contribution in [0.2, 0.25) is 0 Å².